The number of rotatable bonds is 6. The van der Waals surface area contributed by atoms with Gasteiger partial charge in [-0.25, -0.2) is 15.4 Å². The van der Waals surface area contributed by atoms with E-state index in [9.17, 15) is 0 Å². The van der Waals surface area contributed by atoms with E-state index in [4.69, 9.17) is 4.74 Å². The molecule has 0 fully saturated rings. The fourth-order valence-electron chi connectivity index (χ4n) is 2.87. The van der Waals surface area contributed by atoms with Gasteiger partial charge in [0.05, 0.1) is 24.7 Å². The third kappa shape index (κ3) is 4.65. The van der Waals surface area contributed by atoms with Crippen molar-refractivity contribution < 1.29 is 4.74 Å². The van der Waals surface area contributed by atoms with Gasteiger partial charge in [0.25, 0.3) is 0 Å². The minimum Gasteiger partial charge on any atom is -0.497 e. The van der Waals surface area contributed by atoms with E-state index in [2.05, 4.69) is 20.5 Å². The zero-order chi connectivity index (χ0) is 19.9. The monoisotopic (exact) mass is 380 g/mol. The van der Waals surface area contributed by atoms with Crippen LogP contribution in [-0.2, 0) is 0 Å². The first-order valence-corrected chi connectivity index (χ1v) is 9.25. The maximum absolute atomic E-state index is 5.25. The van der Waals surface area contributed by atoms with E-state index in [0.29, 0.717) is 5.95 Å². The largest absolute Gasteiger partial charge is 0.497 e. The second-order valence-corrected chi connectivity index (χ2v) is 6.34. The molecule has 0 saturated carbocycles. The summed E-state index contributed by atoms with van der Waals surface area (Å²) in [6.07, 6.45) is 1.74. The van der Waals surface area contributed by atoms with Crippen LogP contribution in [0.1, 0.15) is 5.56 Å². The van der Waals surface area contributed by atoms with Gasteiger partial charge in [0.1, 0.15) is 5.75 Å². The minimum atomic E-state index is 0.435. The molecule has 142 valence electrons. The molecule has 29 heavy (non-hydrogen) atoms. The lowest BCUT2D eigenvalue weighted by molar-refractivity contribution is 0.415. The zero-order valence-electron chi connectivity index (χ0n) is 16.0. The zero-order valence-corrected chi connectivity index (χ0v) is 16.0. The summed E-state index contributed by atoms with van der Waals surface area (Å²) >= 11 is 0. The summed E-state index contributed by atoms with van der Waals surface area (Å²) in [5.74, 6) is 1.24. The van der Waals surface area contributed by atoms with Crippen LogP contribution in [0, 0.1) is 0 Å². The van der Waals surface area contributed by atoms with Crippen molar-refractivity contribution in [2.75, 3.05) is 12.5 Å². The molecule has 5 nitrogen and oxygen atoms in total. The van der Waals surface area contributed by atoms with E-state index < -0.39 is 0 Å². The Kier molecular flexibility index (Phi) is 5.58. The molecule has 0 radical (unpaired) electrons. The van der Waals surface area contributed by atoms with E-state index >= 15 is 0 Å². The van der Waals surface area contributed by atoms with Crippen molar-refractivity contribution in [1.82, 2.24) is 9.97 Å². The maximum Gasteiger partial charge on any atom is 0.244 e. The van der Waals surface area contributed by atoms with Crippen molar-refractivity contribution in [2.24, 2.45) is 5.10 Å². The van der Waals surface area contributed by atoms with Crippen molar-refractivity contribution in [2.45, 2.75) is 0 Å². The van der Waals surface area contributed by atoms with Crippen LogP contribution < -0.4 is 10.2 Å². The van der Waals surface area contributed by atoms with Gasteiger partial charge in [-0.1, -0.05) is 60.7 Å². The lowest BCUT2D eigenvalue weighted by Gasteiger charge is -2.09. The van der Waals surface area contributed by atoms with Gasteiger partial charge in [-0.3, -0.25) is 0 Å². The fourth-order valence-corrected chi connectivity index (χ4v) is 2.87. The van der Waals surface area contributed by atoms with E-state index in [1.807, 2.05) is 91.0 Å². The summed E-state index contributed by atoms with van der Waals surface area (Å²) in [4.78, 5) is 9.27. The summed E-state index contributed by atoms with van der Waals surface area (Å²) in [5, 5.41) is 4.29. The van der Waals surface area contributed by atoms with Crippen LogP contribution >= 0.6 is 0 Å². The van der Waals surface area contributed by atoms with Crippen molar-refractivity contribution in [3.63, 3.8) is 0 Å². The Morgan fingerprint density at radius 2 is 1.34 bits per heavy atom. The molecule has 4 rings (SSSR count). The van der Waals surface area contributed by atoms with Crippen LogP contribution in [0.2, 0.25) is 0 Å². The third-order valence-electron chi connectivity index (χ3n) is 4.36. The van der Waals surface area contributed by atoms with E-state index in [1.54, 1.807) is 13.3 Å². The molecule has 0 amide bonds. The second kappa shape index (κ2) is 8.80. The number of nitrogens with one attached hydrogen (secondary N) is 1. The van der Waals surface area contributed by atoms with E-state index in [1.165, 1.54) is 0 Å². The Balaban J connectivity index is 1.68. The number of hydrogen-bond acceptors (Lipinski definition) is 5. The van der Waals surface area contributed by atoms with Crippen LogP contribution in [0.25, 0.3) is 22.5 Å². The van der Waals surface area contributed by atoms with Crippen LogP contribution in [0.5, 0.6) is 5.75 Å². The minimum absolute atomic E-state index is 0.435. The van der Waals surface area contributed by atoms with Gasteiger partial charge in [-0.2, -0.15) is 5.10 Å². The summed E-state index contributed by atoms with van der Waals surface area (Å²) < 4.78 is 5.25. The molecule has 0 aliphatic heterocycles. The molecule has 1 heterocycles. The molecule has 3 aromatic carbocycles. The lowest BCUT2D eigenvalue weighted by atomic mass is 10.1. The Morgan fingerprint density at radius 1 is 0.759 bits per heavy atom. The molecule has 0 atom stereocenters. The number of hydrogen-bond donors (Lipinski definition) is 1. The Bertz CT molecular complexity index is 1090. The summed E-state index contributed by atoms with van der Waals surface area (Å²) in [6, 6.07) is 29.7. The third-order valence-corrected chi connectivity index (χ3v) is 4.36. The summed E-state index contributed by atoms with van der Waals surface area (Å²) in [5.41, 5.74) is 7.57. The first-order valence-electron chi connectivity index (χ1n) is 9.25. The van der Waals surface area contributed by atoms with E-state index in [0.717, 1.165) is 33.8 Å². The van der Waals surface area contributed by atoms with Crippen molar-refractivity contribution >= 4 is 12.2 Å². The SMILES string of the molecule is COc1ccc(-c2cc(-c3ccccc3)nc(NN=Cc3ccccc3)n2)cc1. The Labute approximate surface area is 169 Å². The average molecular weight is 380 g/mol. The standard InChI is InChI=1S/C24H20N4O/c1-29-21-14-12-20(13-15-21)23-16-22(19-10-6-3-7-11-19)26-24(27-23)28-25-17-18-8-4-2-5-9-18/h2-17H,1H3,(H,26,27,28). The van der Waals surface area contributed by atoms with Crippen LogP contribution in [0.4, 0.5) is 5.95 Å². The van der Waals surface area contributed by atoms with Gasteiger partial charge < -0.3 is 4.74 Å². The first kappa shape index (κ1) is 18.4. The highest BCUT2D eigenvalue weighted by atomic mass is 16.5. The van der Waals surface area contributed by atoms with Gasteiger partial charge in [-0.05, 0) is 35.9 Å². The fraction of sp³-hybridized carbons (Fsp3) is 0.0417. The molecule has 0 bridgehead atoms. The van der Waals surface area contributed by atoms with Gasteiger partial charge in [0.2, 0.25) is 5.95 Å². The van der Waals surface area contributed by atoms with Crippen molar-refractivity contribution in [1.29, 1.82) is 0 Å². The number of hydrazone groups is 1. The summed E-state index contributed by atoms with van der Waals surface area (Å²) in [6.45, 7) is 0. The number of nitrogens with zero attached hydrogens (tertiary/aromatic N) is 3. The molecular formula is C24H20N4O. The first-order chi connectivity index (χ1) is 14.3. The number of benzene rings is 3. The molecule has 0 unspecified atom stereocenters. The molecule has 1 N–H and O–H groups in total. The van der Waals surface area contributed by atoms with Gasteiger partial charge in [0, 0.05) is 11.1 Å². The number of methoxy groups -OCH3 is 1. The number of anilines is 1. The van der Waals surface area contributed by atoms with Crippen LogP contribution in [0.15, 0.2) is 96.1 Å². The topological polar surface area (TPSA) is 59.4 Å². The predicted molar refractivity (Wildman–Crippen MR) is 117 cm³/mol. The molecule has 0 saturated heterocycles. The van der Waals surface area contributed by atoms with Crippen molar-refractivity contribution in [3.05, 3.63) is 96.6 Å². The van der Waals surface area contributed by atoms with Gasteiger partial charge in [0.15, 0.2) is 0 Å². The van der Waals surface area contributed by atoms with Gasteiger partial charge >= 0.3 is 0 Å². The van der Waals surface area contributed by atoms with Crippen molar-refractivity contribution in [3.8, 4) is 28.3 Å². The highest BCUT2D eigenvalue weighted by Crippen LogP contribution is 2.26. The quantitative estimate of drug-likeness (QED) is 0.366. The average Bonchev–Trinajstić information content (AvgIpc) is 2.80. The van der Waals surface area contributed by atoms with Gasteiger partial charge in [-0.15, -0.1) is 0 Å². The second-order valence-electron chi connectivity index (χ2n) is 6.34. The van der Waals surface area contributed by atoms with E-state index in [-0.39, 0.29) is 0 Å². The molecule has 0 spiro atoms. The lowest BCUT2D eigenvalue weighted by Crippen LogP contribution is -2.00. The highest BCUT2D eigenvalue weighted by Gasteiger charge is 2.08. The molecule has 0 aliphatic rings. The smallest absolute Gasteiger partial charge is 0.244 e. The predicted octanol–water partition coefficient (Wildman–Crippen LogP) is 5.27. The molecule has 5 heteroatoms. The Morgan fingerprint density at radius 3 is 1.97 bits per heavy atom. The van der Waals surface area contributed by atoms with Crippen LogP contribution in [0.3, 0.4) is 0 Å². The summed E-state index contributed by atoms with van der Waals surface area (Å²) in [7, 11) is 1.65. The highest BCUT2D eigenvalue weighted by molar-refractivity contribution is 5.80. The maximum atomic E-state index is 5.25. The molecular weight excluding hydrogens is 360 g/mol. The molecule has 0 aliphatic carbocycles. The molecule has 4 aromatic rings. The normalized spacial score (nSPS) is 10.8. The number of aromatic nitrogens is 2. The van der Waals surface area contributed by atoms with Crippen LogP contribution in [-0.4, -0.2) is 23.3 Å². The number of ether oxygens (including phenoxy) is 1. The molecule has 1 aromatic heterocycles. The Hall–Kier alpha value is -3.99.